The highest BCUT2D eigenvalue weighted by Gasteiger charge is 2.15. The van der Waals surface area contributed by atoms with Crippen molar-refractivity contribution in [1.82, 2.24) is 9.55 Å². The Labute approximate surface area is 180 Å². The van der Waals surface area contributed by atoms with Crippen molar-refractivity contribution in [2.24, 2.45) is 0 Å². The van der Waals surface area contributed by atoms with E-state index in [0.29, 0.717) is 17.9 Å². The second kappa shape index (κ2) is 8.76. The summed E-state index contributed by atoms with van der Waals surface area (Å²) >= 11 is 1.65. The van der Waals surface area contributed by atoms with Crippen molar-refractivity contribution in [3.63, 3.8) is 0 Å². The van der Waals surface area contributed by atoms with Gasteiger partial charge in [-0.15, -0.1) is 0 Å². The number of fused-ring (bicyclic) bond motifs is 1. The molecule has 5 heteroatoms. The van der Waals surface area contributed by atoms with E-state index in [0.717, 1.165) is 33.2 Å². The molecule has 0 fully saturated rings. The van der Waals surface area contributed by atoms with Gasteiger partial charge in [0.25, 0.3) is 0 Å². The molecule has 0 bridgehead atoms. The minimum atomic E-state index is 0.0521. The summed E-state index contributed by atoms with van der Waals surface area (Å²) in [5.41, 5.74) is 6.03. The third kappa shape index (κ3) is 4.12. The van der Waals surface area contributed by atoms with Gasteiger partial charge in [0.05, 0.1) is 17.6 Å². The number of hydrogen-bond donors (Lipinski definition) is 0. The Hall–Kier alpha value is -3.05. The molecule has 30 heavy (non-hydrogen) atoms. The van der Waals surface area contributed by atoms with E-state index >= 15 is 0 Å². The number of hydrogen-bond acceptors (Lipinski definition) is 4. The van der Waals surface area contributed by atoms with Gasteiger partial charge in [0.15, 0.2) is 10.9 Å². The Morgan fingerprint density at radius 3 is 2.67 bits per heavy atom. The quantitative estimate of drug-likeness (QED) is 0.265. The molecule has 0 N–H and O–H groups in total. The lowest BCUT2D eigenvalue weighted by Crippen LogP contribution is -2.01. The summed E-state index contributed by atoms with van der Waals surface area (Å²) < 4.78 is 7.99. The van der Waals surface area contributed by atoms with Crippen molar-refractivity contribution in [3.8, 4) is 11.4 Å². The lowest BCUT2D eigenvalue weighted by Gasteiger charge is -2.13. The van der Waals surface area contributed by atoms with Crippen molar-refractivity contribution >= 4 is 28.6 Å². The van der Waals surface area contributed by atoms with Crippen molar-refractivity contribution < 1.29 is 9.53 Å². The van der Waals surface area contributed by atoms with Crippen LogP contribution in [0.1, 0.15) is 35.3 Å². The van der Waals surface area contributed by atoms with Crippen LogP contribution in [-0.4, -0.2) is 21.9 Å². The molecule has 1 aromatic heterocycles. The summed E-state index contributed by atoms with van der Waals surface area (Å²) in [6.07, 6.45) is 0. The predicted octanol–water partition coefficient (Wildman–Crippen LogP) is 6.23. The molecule has 0 unspecified atom stereocenters. The van der Waals surface area contributed by atoms with Gasteiger partial charge in [-0.25, -0.2) is 4.98 Å². The van der Waals surface area contributed by atoms with Gasteiger partial charge in [0.2, 0.25) is 0 Å². The van der Waals surface area contributed by atoms with E-state index in [-0.39, 0.29) is 5.78 Å². The van der Waals surface area contributed by atoms with Crippen LogP contribution in [0.3, 0.4) is 0 Å². The lowest BCUT2D eigenvalue weighted by molar-refractivity contribution is 0.101. The first-order chi connectivity index (χ1) is 14.6. The average molecular weight is 417 g/mol. The molecule has 0 aliphatic heterocycles. The first kappa shape index (κ1) is 20.2. The van der Waals surface area contributed by atoms with Gasteiger partial charge in [-0.3, -0.25) is 9.36 Å². The highest BCUT2D eigenvalue weighted by Crippen LogP contribution is 2.33. The number of aromatic nitrogens is 2. The number of Topliss-reactive ketones (excluding diaryl/α,β-unsaturated/α-hetero) is 1. The smallest absolute Gasteiger partial charge is 0.174 e. The topological polar surface area (TPSA) is 44.1 Å². The standard InChI is InChI=1S/C25H24N2O2S/c1-4-29-24-13-12-19(18(3)28)15-20(24)16-30-25-26-22-10-5-6-11-23(22)27(25)21-9-7-8-17(2)14-21/h5-15H,4,16H2,1-3H3. The fourth-order valence-electron chi connectivity index (χ4n) is 3.47. The second-order valence-electron chi connectivity index (χ2n) is 7.16. The molecule has 0 aliphatic rings. The summed E-state index contributed by atoms with van der Waals surface area (Å²) in [6, 6.07) is 22.2. The van der Waals surface area contributed by atoms with Crippen LogP contribution in [0.5, 0.6) is 5.75 Å². The molecule has 4 aromatic rings. The zero-order chi connectivity index (χ0) is 21.1. The fraction of sp³-hybridized carbons (Fsp3) is 0.200. The van der Waals surface area contributed by atoms with Crippen LogP contribution in [0.2, 0.25) is 0 Å². The number of ketones is 1. The van der Waals surface area contributed by atoms with Gasteiger partial charge in [-0.1, -0.05) is 36.0 Å². The monoisotopic (exact) mass is 416 g/mol. The minimum absolute atomic E-state index is 0.0521. The molecular weight excluding hydrogens is 392 g/mol. The molecule has 0 saturated carbocycles. The Morgan fingerprint density at radius 2 is 1.90 bits per heavy atom. The van der Waals surface area contributed by atoms with Crippen LogP contribution < -0.4 is 4.74 Å². The van der Waals surface area contributed by atoms with E-state index in [1.165, 1.54) is 5.56 Å². The van der Waals surface area contributed by atoms with Gasteiger partial charge < -0.3 is 4.74 Å². The summed E-state index contributed by atoms with van der Waals surface area (Å²) in [4.78, 5) is 16.8. The van der Waals surface area contributed by atoms with Gasteiger partial charge >= 0.3 is 0 Å². The van der Waals surface area contributed by atoms with Crippen LogP contribution in [0.15, 0.2) is 71.9 Å². The number of nitrogens with zero attached hydrogens (tertiary/aromatic N) is 2. The number of thioether (sulfide) groups is 1. The SMILES string of the molecule is CCOc1ccc(C(C)=O)cc1CSc1nc2ccccc2n1-c1cccc(C)c1. The number of imidazole rings is 1. The van der Waals surface area contributed by atoms with E-state index in [2.05, 4.69) is 41.8 Å². The molecule has 4 nitrogen and oxygen atoms in total. The minimum Gasteiger partial charge on any atom is -0.494 e. The molecule has 0 atom stereocenters. The molecule has 152 valence electrons. The van der Waals surface area contributed by atoms with Gasteiger partial charge in [0.1, 0.15) is 5.75 Å². The number of aryl methyl sites for hydroxylation is 1. The second-order valence-corrected chi connectivity index (χ2v) is 8.10. The number of ether oxygens (including phenoxy) is 1. The Bertz CT molecular complexity index is 1210. The zero-order valence-electron chi connectivity index (χ0n) is 17.4. The highest BCUT2D eigenvalue weighted by atomic mass is 32.2. The molecule has 3 aromatic carbocycles. The number of para-hydroxylation sites is 2. The van der Waals surface area contributed by atoms with Crippen LogP contribution in [-0.2, 0) is 5.75 Å². The first-order valence-corrected chi connectivity index (χ1v) is 11.0. The molecule has 0 aliphatic carbocycles. The predicted molar refractivity (Wildman–Crippen MR) is 123 cm³/mol. The Balaban J connectivity index is 1.74. The molecule has 0 spiro atoms. The van der Waals surface area contributed by atoms with Crippen molar-refractivity contribution in [2.45, 2.75) is 31.7 Å². The van der Waals surface area contributed by atoms with Crippen LogP contribution in [0, 0.1) is 6.92 Å². The molecule has 0 amide bonds. The normalized spacial score (nSPS) is 11.0. The molecule has 0 saturated heterocycles. The summed E-state index contributed by atoms with van der Waals surface area (Å²) in [7, 11) is 0. The van der Waals surface area contributed by atoms with Gasteiger partial charge in [-0.2, -0.15) is 0 Å². The number of benzene rings is 3. The third-order valence-electron chi connectivity index (χ3n) is 4.91. The summed E-state index contributed by atoms with van der Waals surface area (Å²) in [5.74, 6) is 1.52. The van der Waals surface area contributed by atoms with Crippen molar-refractivity contribution in [3.05, 3.63) is 83.4 Å². The molecule has 4 rings (SSSR count). The van der Waals surface area contributed by atoms with Crippen LogP contribution in [0.25, 0.3) is 16.7 Å². The van der Waals surface area contributed by atoms with E-state index < -0.39 is 0 Å². The third-order valence-corrected chi connectivity index (χ3v) is 5.90. The molecular formula is C25H24N2O2S. The summed E-state index contributed by atoms with van der Waals surface area (Å²) in [5, 5.41) is 0.914. The highest BCUT2D eigenvalue weighted by molar-refractivity contribution is 7.98. The van der Waals surface area contributed by atoms with Gasteiger partial charge in [0, 0.05) is 22.6 Å². The zero-order valence-corrected chi connectivity index (χ0v) is 18.2. The van der Waals surface area contributed by atoms with Crippen molar-refractivity contribution in [2.75, 3.05) is 6.61 Å². The maximum absolute atomic E-state index is 11.9. The fourth-order valence-corrected chi connectivity index (χ4v) is 4.47. The van der Waals surface area contributed by atoms with E-state index in [9.17, 15) is 4.79 Å². The maximum atomic E-state index is 11.9. The number of carbonyl (C=O) groups excluding carboxylic acids is 1. The largest absolute Gasteiger partial charge is 0.494 e. The number of carbonyl (C=O) groups is 1. The summed E-state index contributed by atoms with van der Waals surface area (Å²) in [6.45, 7) is 6.23. The van der Waals surface area contributed by atoms with E-state index in [4.69, 9.17) is 9.72 Å². The Kier molecular flexibility index (Phi) is 5.91. The Morgan fingerprint density at radius 1 is 1.07 bits per heavy atom. The number of rotatable bonds is 7. The molecule has 0 radical (unpaired) electrons. The van der Waals surface area contributed by atoms with Gasteiger partial charge in [-0.05, 0) is 68.8 Å². The van der Waals surface area contributed by atoms with Crippen molar-refractivity contribution in [1.29, 1.82) is 0 Å². The first-order valence-electron chi connectivity index (χ1n) is 10.0. The average Bonchev–Trinajstić information content (AvgIpc) is 3.11. The van der Waals surface area contributed by atoms with E-state index in [1.54, 1.807) is 18.7 Å². The lowest BCUT2D eigenvalue weighted by atomic mass is 10.1. The maximum Gasteiger partial charge on any atom is 0.174 e. The van der Waals surface area contributed by atoms with E-state index in [1.807, 2.05) is 43.3 Å². The molecule has 1 heterocycles. The van der Waals surface area contributed by atoms with Crippen LogP contribution in [0.4, 0.5) is 0 Å². The van der Waals surface area contributed by atoms with Crippen LogP contribution >= 0.6 is 11.8 Å².